The monoisotopic (exact) mass is 256 g/mol. The van der Waals surface area contributed by atoms with Crippen LogP contribution in [0.1, 0.15) is 59.8 Å². The zero-order valence-corrected chi connectivity index (χ0v) is 12.0. The molecule has 1 N–H and O–H groups in total. The van der Waals surface area contributed by atoms with Crippen LogP contribution in [0.25, 0.3) is 0 Å². The lowest BCUT2D eigenvalue weighted by Crippen LogP contribution is -2.41. The number of carboxylic acids is 1. The minimum Gasteiger partial charge on any atom is -0.481 e. The van der Waals surface area contributed by atoms with E-state index < -0.39 is 5.97 Å². The molecule has 1 fully saturated rings. The molecule has 104 valence electrons. The topological polar surface area (TPSA) is 55.8 Å². The van der Waals surface area contributed by atoms with Crippen molar-refractivity contribution in [1.82, 2.24) is 0 Å². The van der Waals surface area contributed by atoms with Crippen molar-refractivity contribution in [3.63, 3.8) is 0 Å². The van der Waals surface area contributed by atoms with Gasteiger partial charge in [0.1, 0.15) is 0 Å². The summed E-state index contributed by atoms with van der Waals surface area (Å²) in [4.78, 5) is 10.3. The number of hydrogen-bond donors (Lipinski definition) is 1. The molecule has 0 unspecified atom stereocenters. The zero-order valence-electron chi connectivity index (χ0n) is 12.0. The molecule has 0 bridgehead atoms. The van der Waals surface area contributed by atoms with Gasteiger partial charge in [0, 0.05) is 6.42 Å². The lowest BCUT2D eigenvalue weighted by molar-refractivity contribution is -0.137. The summed E-state index contributed by atoms with van der Waals surface area (Å²) in [5, 5.41) is 8.52. The molecule has 0 amide bonds. The van der Waals surface area contributed by atoms with E-state index >= 15 is 0 Å². The second-order valence-corrected chi connectivity index (χ2v) is 6.03. The summed E-state index contributed by atoms with van der Waals surface area (Å²) < 4.78 is 11.8. The molecule has 0 aromatic carbocycles. The average Bonchev–Trinajstić information content (AvgIpc) is 2.40. The van der Waals surface area contributed by atoms with Gasteiger partial charge in [-0.3, -0.25) is 4.79 Å². The Balaban J connectivity index is 2.13. The molecule has 5 heteroatoms. The Morgan fingerprint density at radius 2 is 1.50 bits per heavy atom. The number of carbonyl (C=O) groups is 1. The van der Waals surface area contributed by atoms with Crippen LogP contribution < -0.4 is 0 Å². The SMILES string of the molecule is CC1(C)OB(CCCCCCC(=O)O)OC1(C)C. The molecule has 0 aliphatic carbocycles. The van der Waals surface area contributed by atoms with E-state index in [1.165, 1.54) is 0 Å². The number of carboxylic acid groups (broad SMARTS) is 1. The summed E-state index contributed by atoms with van der Waals surface area (Å²) in [6.45, 7) is 8.22. The predicted molar refractivity (Wildman–Crippen MR) is 71.6 cm³/mol. The first-order valence-corrected chi connectivity index (χ1v) is 6.82. The Morgan fingerprint density at radius 1 is 1.00 bits per heavy atom. The van der Waals surface area contributed by atoms with Crippen LogP contribution in [-0.4, -0.2) is 29.4 Å². The van der Waals surface area contributed by atoms with Gasteiger partial charge in [0.2, 0.25) is 0 Å². The summed E-state index contributed by atoms with van der Waals surface area (Å²) in [5.74, 6) is -0.707. The van der Waals surface area contributed by atoms with Gasteiger partial charge in [-0.2, -0.15) is 0 Å². The van der Waals surface area contributed by atoms with E-state index in [9.17, 15) is 4.79 Å². The first-order chi connectivity index (χ1) is 8.24. The Kier molecular flexibility index (Phi) is 5.23. The van der Waals surface area contributed by atoms with E-state index in [1.54, 1.807) is 0 Å². The van der Waals surface area contributed by atoms with Crippen molar-refractivity contribution in [3.8, 4) is 0 Å². The fourth-order valence-electron chi connectivity index (χ4n) is 2.02. The summed E-state index contributed by atoms with van der Waals surface area (Å²) in [6, 6.07) is 0. The van der Waals surface area contributed by atoms with Crippen LogP contribution in [0.2, 0.25) is 6.32 Å². The molecular weight excluding hydrogens is 231 g/mol. The van der Waals surface area contributed by atoms with Crippen LogP contribution >= 0.6 is 0 Å². The molecule has 1 aliphatic heterocycles. The third kappa shape index (κ3) is 4.28. The van der Waals surface area contributed by atoms with Gasteiger partial charge in [-0.05, 0) is 40.4 Å². The molecule has 0 aromatic rings. The molecular formula is C13H25BO4. The Hall–Kier alpha value is -0.545. The van der Waals surface area contributed by atoms with E-state index in [0.717, 1.165) is 32.0 Å². The first kappa shape index (κ1) is 15.5. The maximum atomic E-state index is 10.3. The van der Waals surface area contributed by atoms with Crippen LogP contribution in [0.4, 0.5) is 0 Å². The van der Waals surface area contributed by atoms with E-state index in [0.29, 0.717) is 0 Å². The van der Waals surface area contributed by atoms with E-state index in [4.69, 9.17) is 14.4 Å². The second-order valence-electron chi connectivity index (χ2n) is 6.03. The van der Waals surface area contributed by atoms with Gasteiger partial charge in [0.25, 0.3) is 0 Å². The molecule has 0 atom stereocenters. The van der Waals surface area contributed by atoms with Crippen molar-refractivity contribution < 1.29 is 19.2 Å². The van der Waals surface area contributed by atoms with Gasteiger partial charge in [-0.25, -0.2) is 0 Å². The minimum atomic E-state index is -0.707. The molecule has 1 saturated heterocycles. The molecule has 0 aromatic heterocycles. The van der Waals surface area contributed by atoms with Gasteiger partial charge in [0.15, 0.2) is 0 Å². The van der Waals surface area contributed by atoms with E-state index in [1.807, 2.05) is 0 Å². The molecule has 4 nitrogen and oxygen atoms in total. The maximum absolute atomic E-state index is 10.3. The summed E-state index contributed by atoms with van der Waals surface area (Å²) in [7, 11) is -0.116. The number of hydrogen-bond acceptors (Lipinski definition) is 3. The van der Waals surface area contributed by atoms with Gasteiger partial charge < -0.3 is 14.4 Å². The normalized spacial score (nSPS) is 21.2. The maximum Gasteiger partial charge on any atom is 0.457 e. The highest BCUT2D eigenvalue weighted by molar-refractivity contribution is 6.45. The summed E-state index contributed by atoms with van der Waals surface area (Å²) >= 11 is 0. The highest BCUT2D eigenvalue weighted by Gasteiger charge is 2.50. The van der Waals surface area contributed by atoms with Crippen LogP contribution in [0.5, 0.6) is 0 Å². The highest BCUT2D eigenvalue weighted by Crippen LogP contribution is 2.38. The van der Waals surface area contributed by atoms with Gasteiger partial charge in [-0.15, -0.1) is 0 Å². The van der Waals surface area contributed by atoms with Crippen LogP contribution in [0.15, 0.2) is 0 Å². The van der Waals surface area contributed by atoms with E-state index in [-0.39, 0.29) is 24.7 Å². The third-order valence-electron chi connectivity index (χ3n) is 3.88. The van der Waals surface area contributed by atoms with Crippen molar-refractivity contribution in [3.05, 3.63) is 0 Å². The summed E-state index contributed by atoms with van der Waals surface area (Å²) in [5.41, 5.74) is -0.498. The quantitative estimate of drug-likeness (QED) is 0.561. The molecule has 18 heavy (non-hydrogen) atoms. The van der Waals surface area contributed by atoms with Gasteiger partial charge in [0.05, 0.1) is 11.2 Å². The molecule has 1 heterocycles. The molecule has 0 radical (unpaired) electrons. The Bertz CT molecular complexity index is 273. The fourth-order valence-corrected chi connectivity index (χ4v) is 2.02. The van der Waals surface area contributed by atoms with Crippen molar-refractivity contribution >= 4 is 13.1 Å². The molecule has 0 spiro atoms. The Labute approximate surface area is 110 Å². The van der Waals surface area contributed by atoms with Crippen molar-refractivity contribution in [2.24, 2.45) is 0 Å². The second kappa shape index (κ2) is 6.07. The van der Waals surface area contributed by atoms with E-state index in [2.05, 4.69) is 27.7 Å². The number of aliphatic carboxylic acids is 1. The molecule has 0 saturated carbocycles. The number of unbranched alkanes of at least 4 members (excludes halogenated alkanes) is 3. The van der Waals surface area contributed by atoms with Crippen LogP contribution in [-0.2, 0) is 14.1 Å². The molecule has 1 aliphatic rings. The lowest BCUT2D eigenvalue weighted by Gasteiger charge is -2.32. The standard InChI is InChI=1S/C13H25BO4/c1-12(2)13(3,4)18-14(17-12)10-8-6-5-7-9-11(15)16/h5-10H2,1-4H3,(H,15,16). The van der Waals surface area contributed by atoms with Gasteiger partial charge in [-0.1, -0.05) is 19.3 Å². The lowest BCUT2D eigenvalue weighted by atomic mass is 9.82. The Morgan fingerprint density at radius 3 is 2.00 bits per heavy atom. The summed E-state index contributed by atoms with van der Waals surface area (Å²) in [6.07, 6.45) is 4.95. The van der Waals surface area contributed by atoms with Crippen molar-refractivity contribution in [2.45, 2.75) is 77.3 Å². The highest BCUT2D eigenvalue weighted by atomic mass is 16.7. The number of rotatable bonds is 7. The van der Waals surface area contributed by atoms with Crippen molar-refractivity contribution in [2.75, 3.05) is 0 Å². The molecule has 1 rings (SSSR count). The largest absolute Gasteiger partial charge is 0.481 e. The van der Waals surface area contributed by atoms with Crippen molar-refractivity contribution in [1.29, 1.82) is 0 Å². The predicted octanol–water partition coefficient (Wildman–Crippen LogP) is 3.11. The first-order valence-electron chi connectivity index (χ1n) is 6.82. The average molecular weight is 256 g/mol. The minimum absolute atomic E-state index is 0.116. The third-order valence-corrected chi connectivity index (χ3v) is 3.88. The van der Waals surface area contributed by atoms with Crippen LogP contribution in [0, 0.1) is 0 Å². The smallest absolute Gasteiger partial charge is 0.457 e. The fraction of sp³-hybridized carbons (Fsp3) is 0.923. The van der Waals surface area contributed by atoms with Gasteiger partial charge >= 0.3 is 13.1 Å². The van der Waals surface area contributed by atoms with Crippen LogP contribution in [0.3, 0.4) is 0 Å². The zero-order chi connectivity index (χ0) is 13.8.